The van der Waals surface area contributed by atoms with Gasteiger partial charge in [0.05, 0.1) is 11.6 Å². The van der Waals surface area contributed by atoms with Gasteiger partial charge in [0, 0.05) is 5.69 Å². The summed E-state index contributed by atoms with van der Waals surface area (Å²) in [5.74, 6) is -0.262. The van der Waals surface area contributed by atoms with Gasteiger partial charge in [-0.05, 0) is 35.5 Å². The van der Waals surface area contributed by atoms with Crippen molar-refractivity contribution >= 4 is 34.7 Å². The number of thioether (sulfide) groups is 1. The molecular weight excluding hydrogens is 296 g/mol. The average Bonchev–Trinajstić information content (AvgIpc) is 2.81. The summed E-state index contributed by atoms with van der Waals surface area (Å²) in [5, 5.41) is 2.82. The van der Waals surface area contributed by atoms with Crippen molar-refractivity contribution in [3.05, 3.63) is 71.1 Å². The van der Waals surface area contributed by atoms with E-state index in [1.54, 1.807) is 6.08 Å². The number of amides is 2. The van der Waals surface area contributed by atoms with Crippen molar-refractivity contribution in [2.75, 3.05) is 12.0 Å². The second kappa shape index (κ2) is 6.49. The van der Waals surface area contributed by atoms with E-state index in [-0.39, 0.29) is 17.8 Å². The Bertz CT molecular complexity index is 714. The van der Waals surface area contributed by atoms with E-state index in [2.05, 4.69) is 5.32 Å². The number of carbonyl (C=O) groups excluding carboxylic acids is 2. The number of hydrogen-bond acceptors (Lipinski definition) is 4. The van der Waals surface area contributed by atoms with E-state index in [0.29, 0.717) is 4.91 Å². The number of rotatable bonds is 4. The highest BCUT2D eigenvalue weighted by Gasteiger charge is 2.34. The molecule has 0 atom stereocenters. The number of benzene rings is 2. The molecular formula is C17H14N2O2S. The van der Waals surface area contributed by atoms with Crippen molar-refractivity contribution in [3.63, 3.8) is 0 Å². The van der Waals surface area contributed by atoms with Crippen molar-refractivity contribution < 1.29 is 9.59 Å². The van der Waals surface area contributed by atoms with Crippen LogP contribution in [0.3, 0.4) is 0 Å². The van der Waals surface area contributed by atoms with Crippen LogP contribution in [0, 0.1) is 0 Å². The average molecular weight is 310 g/mol. The Kier molecular flexibility index (Phi) is 4.25. The largest absolute Gasteiger partial charge is 0.367 e. The Morgan fingerprint density at radius 1 is 0.955 bits per heavy atom. The first-order chi connectivity index (χ1) is 10.7. The number of para-hydroxylation sites is 1. The van der Waals surface area contributed by atoms with E-state index in [1.807, 2.05) is 60.7 Å². The second-order valence-electron chi connectivity index (χ2n) is 4.72. The van der Waals surface area contributed by atoms with Crippen LogP contribution >= 0.6 is 11.8 Å². The first-order valence-electron chi connectivity index (χ1n) is 6.83. The summed E-state index contributed by atoms with van der Waals surface area (Å²) in [6.07, 6.45) is 1.74. The zero-order valence-electron chi connectivity index (χ0n) is 11.7. The molecule has 1 aliphatic heterocycles. The van der Waals surface area contributed by atoms with Crippen molar-refractivity contribution in [2.45, 2.75) is 0 Å². The maximum atomic E-state index is 12.3. The van der Waals surface area contributed by atoms with E-state index in [0.717, 1.165) is 23.0 Å². The summed E-state index contributed by atoms with van der Waals surface area (Å²) in [7, 11) is 0. The molecule has 1 saturated heterocycles. The molecule has 0 bridgehead atoms. The number of nitrogens with zero attached hydrogens (tertiary/aromatic N) is 1. The highest BCUT2D eigenvalue weighted by Crippen LogP contribution is 2.31. The Morgan fingerprint density at radius 3 is 2.27 bits per heavy atom. The smallest absolute Gasteiger partial charge is 0.295 e. The Hall–Kier alpha value is -2.53. The van der Waals surface area contributed by atoms with Gasteiger partial charge in [0.1, 0.15) is 0 Å². The Balaban J connectivity index is 1.71. The molecule has 0 aromatic heterocycles. The molecule has 1 heterocycles. The van der Waals surface area contributed by atoms with Crippen LogP contribution in [0.2, 0.25) is 0 Å². The fourth-order valence-electron chi connectivity index (χ4n) is 2.06. The van der Waals surface area contributed by atoms with Gasteiger partial charge >= 0.3 is 0 Å². The number of hydrogen-bond donors (Lipinski definition) is 1. The molecule has 1 N–H and O–H groups in total. The predicted molar refractivity (Wildman–Crippen MR) is 89.2 cm³/mol. The Labute approximate surface area is 132 Å². The molecule has 2 aromatic rings. The van der Waals surface area contributed by atoms with Crippen molar-refractivity contribution in [2.24, 2.45) is 0 Å². The summed E-state index contributed by atoms with van der Waals surface area (Å²) in [5.41, 5.74) is 1.78. The minimum Gasteiger partial charge on any atom is -0.367 e. The van der Waals surface area contributed by atoms with Crippen LogP contribution in [-0.4, -0.2) is 22.7 Å². The van der Waals surface area contributed by atoms with Gasteiger partial charge < -0.3 is 5.32 Å². The van der Waals surface area contributed by atoms with Crippen molar-refractivity contribution in [1.82, 2.24) is 4.90 Å². The minimum atomic E-state index is -0.262. The third kappa shape index (κ3) is 3.20. The van der Waals surface area contributed by atoms with Crippen LogP contribution in [0.25, 0.3) is 6.08 Å². The van der Waals surface area contributed by atoms with Crippen LogP contribution in [-0.2, 0) is 4.79 Å². The first-order valence-corrected chi connectivity index (χ1v) is 7.65. The van der Waals surface area contributed by atoms with Crippen LogP contribution in [0.4, 0.5) is 10.5 Å². The lowest BCUT2D eigenvalue weighted by Gasteiger charge is -2.14. The zero-order chi connectivity index (χ0) is 15.4. The molecule has 110 valence electrons. The molecule has 22 heavy (non-hydrogen) atoms. The molecule has 0 saturated carbocycles. The quantitative estimate of drug-likeness (QED) is 0.873. The lowest BCUT2D eigenvalue weighted by atomic mass is 10.2. The summed E-state index contributed by atoms with van der Waals surface area (Å²) >= 11 is 0.970. The third-order valence-electron chi connectivity index (χ3n) is 3.19. The molecule has 4 nitrogen and oxygen atoms in total. The summed E-state index contributed by atoms with van der Waals surface area (Å²) in [4.78, 5) is 26.0. The molecule has 0 spiro atoms. The lowest BCUT2D eigenvalue weighted by molar-refractivity contribution is -0.122. The van der Waals surface area contributed by atoms with Gasteiger partial charge in [-0.2, -0.15) is 0 Å². The second-order valence-corrected chi connectivity index (χ2v) is 5.71. The van der Waals surface area contributed by atoms with Crippen LogP contribution in [0.15, 0.2) is 65.6 Å². The molecule has 5 heteroatoms. The minimum absolute atomic E-state index is 0.167. The number of carbonyl (C=O) groups is 2. The summed E-state index contributed by atoms with van der Waals surface area (Å²) < 4.78 is 0. The first kappa shape index (κ1) is 14.4. The fraction of sp³-hybridized carbons (Fsp3) is 0.0588. The third-order valence-corrected chi connectivity index (χ3v) is 4.09. The lowest BCUT2D eigenvalue weighted by Crippen LogP contribution is -2.33. The monoisotopic (exact) mass is 310 g/mol. The van der Waals surface area contributed by atoms with Gasteiger partial charge in [-0.25, -0.2) is 0 Å². The van der Waals surface area contributed by atoms with Crippen LogP contribution in [0.5, 0.6) is 0 Å². The van der Waals surface area contributed by atoms with E-state index in [1.165, 1.54) is 4.90 Å². The van der Waals surface area contributed by atoms with Gasteiger partial charge in [-0.15, -0.1) is 0 Å². The van der Waals surface area contributed by atoms with Crippen LogP contribution in [0.1, 0.15) is 5.56 Å². The van der Waals surface area contributed by atoms with Gasteiger partial charge in [0.25, 0.3) is 11.1 Å². The zero-order valence-corrected chi connectivity index (χ0v) is 12.5. The van der Waals surface area contributed by atoms with E-state index >= 15 is 0 Å². The SMILES string of the molecule is O=C1S/C(=C\c2ccccc2)C(=O)N1CNc1ccccc1. The van der Waals surface area contributed by atoms with Gasteiger partial charge in [0.15, 0.2) is 0 Å². The highest BCUT2D eigenvalue weighted by molar-refractivity contribution is 8.18. The van der Waals surface area contributed by atoms with Crippen molar-refractivity contribution in [3.8, 4) is 0 Å². The summed E-state index contributed by atoms with van der Waals surface area (Å²) in [6, 6.07) is 19.0. The molecule has 2 aromatic carbocycles. The fourth-order valence-corrected chi connectivity index (χ4v) is 2.90. The number of nitrogens with one attached hydrogen (secondary N) is 1. The molecule has 0 unspecified atom stereocenters. The number of anilines is 1. The summed E-state index contributed by atoms with van der Waals surface area (Å²) in [6.45, 7) is 0.167. The molecule has 0 radical (unpaired) electrons. The topological polar surface area (TPSA) is 49.4 Å². The van der Waals surface area contributed by atoms with E-state index in [9.17, 15) is 9.59 Å². The van der Waals surface area contributed by atoms with Gasteiger partial charge in [-0.3, -0.25) is 14.5 Å². The van der Waals surface area contributed by atoms with Crippen molar-refractivity contribution in [1.29, 1.82) is 0 Å². The number of imide groups is 1. The molecule has 1 fully saturated rings. The van der Waals surface area contributed by atoms with Gasteiger partial charge in [0.2, 0.25) is 0 Å². The van der Waals surface area contributed by atoms with E-state index in [4.69, 9.17) is 0 Å². The maximum Gasteiger partial charge on any atom is 0.295 e. The standard InChI is InChI=1S/C17H14N2O2S/c20-16-15(11-13-7-3-1-4-8-13)22-17(21)19(16)12-18-14-9-5-2-6-10-14/h1-11,18H,12H2/b15-11-. The maximum absolute atomic E-state index is 12.3. The molecule has 1 aliphatic rings. The highest BCUT2D eigenvalue weighted by atomic mass is 32.2. The van der Waals surface area contributed by atoms with E-state index < -0.39 is 0 Å². The molecule has 3 rings (SSSR count). The normalized spacial score (nSPS) is 16.4. The predicted octanol–water partition coefficient (Wildman–Crippen LogP) is 3.79. The van der Waals surface area contributed by atoms with Gasteiger partial charge in [-0.1, -0.05) is 48.5 Å². The van der Waals surface area contributed by atoms with Crippen LogP contribution < -0.4 is 5.32 Å². The molecule has 0 aliphatic carbocycles. The molecule has 2 amide bonds. The Morgan fingerprint density at radius 2 is 1.59 bits per heavy atom.